The Labute approximate surface area is 174 Å². The van der Waals surface area contributed by atoms with Crippen LogP contribution in [0.3, 0.4) is 0 Å². The van der Waals surface area contributed by atoms with Gasteiger partial charge >= 0.3 is 6.18 Å². The van der Waals surface area contributed by atoms with Crippen molar-refractivity contribution < 1.29 is 13.2 Å². The zero-order valence-corrected chi connectivity index (χ0v) is 17.5. The van der Waals surface area contributed by atoms with Gasteiger partial charge in [0.05, 0.1) is 11.3 Å². The largest absolute Gasteiger partial charge is 0.417 e. The van der Waals surface area contributed by atoms with Gasteiger partial charge in [-0.3, -0.25) is 5.10 Å². The van der Waals surface area contributed by atoms with E-state index in [9.17, 15) is 13.2 Å². The van der Waals surface area contributed by atoms with Crippen LogP contribution in [0.1, 0.15) is 51.2 Å². The normalized spacial score (nSPS) is 19.6. The van der Waals surface area contributed by atoms with Crippen LogP contribution in [0.2, 0.25) is 0 Å². The Kier molecular flexibility index (Phi) is 5.20. The zero-order valence-electron chi connectivity index (χ0n) is 17.5. The maximum atomic E-state index is 13.7. The van der Waals surface area contributed by atoms with E-state index >= 15 is 0 Å². The maximum Gasteiger partial charge on any atom is 0.417 e. The molecule has 6 heteroatoms. The van der Waals surface area contributed by atoms with Gasteiger partial charge in [0, 0.05) is 17.1 Å². The molecule has 0 amide bonds. The van der Waals surface area contributed by atoms with E-state index in [0.29, 0.717) is 29.1 Å². The number of nitrogens with one attached hydrogen (secondary N) is 1. The number of benzene rings is 1. The van der Waals surface area contributed by atoms with E-state index in [0.717, 1.165) is 24.8 Å². The number of aromatic amines is 1. The summed E-state index contributed by atoms with van der Waals surface area (Å²) < 4.78 is 41.2. The predicted molar refractivity (Wildman–Crippen MR) is 113 cm³/mol. The number of H-pyrrole nitrogens is 1. The van der Waals surface area contributed by atoms with Crippen molar-refractivity contribution >= 4 is 11.0 Å². The Morgan fingerprint density at radius 3 is 2.73 bits per heavy atom. The molecule has 1 aliphatic carbocycles. The lowest BCUT2D eigenvalue weighted by Crippen LogP contribution is -2.15. The summed E-state index contributed by atoms with van der Waals surface area (Å²) in [7, 11) is 0. The molecule has 1 N–H and O–H groups in total. The van der Waals surface area contributed by atoms with Gasteiger partial charge in [-0.05, 0) is 66.8 Å². The Bertz CT molecular complexity index is 1090. The average molecular weight is 413 g/mol. The van der Waals surface area contributed by atoms with Crippen molar-refractivity contribution in [2.75, 3.05) is 0 Å². The molecule has 2 aromatic heterocycles. The summed E-state index contributed by atoms with van der Waals surface area (Å²) in [6.07, 6.45) is 3.25. The number of alkyl halides is 3. The summed E-state index contributed by atoms with van der Waals surface area (Å²) in [4.78, 5) is 4.13. The third kappa shape index (κ3) is 4.13. The lowest BCUT2D eigenvalue weighted by atomic mass is 9.79. The number of allylic oxidation sites excluding steroid dienone is 2. The van der Waals surface area contributed by atoms with Gasteiger partial charge in [0.1, 0.15) is 0 Å². The fourth-order valence-corrected chi connectivity index (χ4v) is 4.83. The van der Waals surface area contributed by atoms with Gasteiger partial charge in [-0.25, -0.2) is 4.98 Å². The lowest BCUT2D eigenvalue weighted by molar-refractivity contribution is -0.137. The van der Waals surface area contributed by atoms with Crippen LogP contribution >= 0.6 is 0 Å². The molecule has 158 valence electrons. The molecule has 2 heterocycles. The van der Waals surface area contributed by atoms with Crippen LogP contribution in [-0.4, -0.2) is 15.2 Å². The molecule has 1 atom stereocenters. The highest BCUT2D eigenvalue weighted by atomic mass is 19.4. The Morgan fingerprint density at radius 2 is 2.00 bits per heavy atom. The van der Waals surface area contributed by atoms with Gasteiger partial charge < -0.3 is 0 Å². The van der Waals surface area contributed by atoms with Gasteiger partial charge in [-0.15, -0.1) is 0 Å². The number of aromatic nitrogens is 3. The standard InChI is InChI=1S/C24H26F3N3/c1-15(2)13-23(3)9-8-17(14-23)11-16-6-7-20(24(25,26)27)19(12-16)21-18-5-4-10-28-22(18)30-29-21/h4-8,10,12,15H,9,11,13-14H2,1-3H3,(H,28,29,30). The van der Waals surface area contributed by atoms with Gasteiger partial charge in [0.2, 0.25) is 0 Å². The highest BCUT2D eigenvalue weighted by Crippen LogP contribution is 2.44. The van der Waals surface area contributed by atoms with Gasteiger partial charge in [-0.1, -0.05) is 38.5 Å². The van der Waals surface area contributed by atoms with Gasteiger partial charge in [0.25, 0.3) is 0 Å². The number of rotatable bonds is 5. The molecule has 3 nitrogen and oxygen atoms in total. The molecule has 0 bridgehead atoms. The van der Waals surface area contributed by atoms with E-state index < -0.39 is 11.7 Å². The maximum absolute atomic E-state index is 13.7. The van der Waals surface area contributed by atoms with E-state index in [-0.39, 0.29) is 11.0 Å². The van der Waals surface area contributed by atoms with Crippen LogP contribution < -0.4 is 0 Å². The molecule has 3 aromatic rings. The van der Waals surface area contributed by atoms with Crippen LogP contribution in [-0.2, 0) is 12.6 Å². The van der Waals surface area contributed by atoms with E-state index in [1.54, 1.807) is 30.5 Å². The van der Waals surface area contributed by atoms with E-state index in [1.807, 2.05) is 0 Å². The monoisotopic (exact) mass is 413 g/mol. The van der Waals surface area contributed by atoms with Crippen molar-refractivity contribution in [3.63, 3.8) is 0 Å². The fraction of sp³-hybridized carbons (Fsp3) is 0.417. The van der Waals surface area contributed by atoms with Crippen LogP contribution in [0.4, 0.5) is 13.2 Å². The summed E-state index contributed by atoms with van der Waals surface area (Å²) in [5.41, 5.74) is 2.67. The Morgan fingerprint density at radius 1 is 1.20 bits per heavy atom. The third-order valence-electron chi connectivity index (χ3n) is 5.86. The van der Waals surface area contributed by atoms with Crippen LogP contribution in [0.5, 0.6) is 0 Å². The SMILES string of the molecule is CC(C)CC1(C)CC=C(Cc2ccc(C(F)(F)F)c(-c3[nH]nc4ncccc34)c2)C1. The van der Waals surface area contributed by atoms with Crippen molar-refractivity contribution in [3.8, 4) is 11.3 Å². The Balaban J connectivity index is 1.68. The number of fused-ring (bicyclic) bond motifs is 1. The Hall–Kier alpha value is -2.63. The molecular weight excluding hydrogens is 387 g/mol. The molecule has 1 aromatic carbocycles. The fourth-order valence-electron chi connectivity index (χ4n) is 4.83. The summed E-state index contributed by atoms with van der Waals surface area (Å²) in [6.45, 7) is 6.77. The second-order valence-electron chi connectivity index (χ2n) is 9.18. The van der Waals surface area contributed by atoms with Crippen molar-refractivity contribution in [1.29, 1.82) is 0 Å². The molecule has 1 aliphatic rings. The van der Waals surface area contributed by atoms with E-state index in [4.69, 9.17) is 0 Å². The first-order valence-electron chi connectivity index (χ1n) is 10.3. The number of halogens is 3. The summed E-state index contributed by atoms with van der Waals surface area (Å²) in [5, 5.41) is 7.44. The van der Waals surface area contributed by atoms with Gasteiger partial charge in [0.15, 0.2) is 5.65 Å². The first kappa shape index (κ1) is 20.6. The number of pyridine rings is 1. The predicted octanol–water partition coefficient (Wildman–Crippen LogP) is 6.96. The van der Waals surface area contributed by atoms with Crippen LogP contribution in [0.25, 0.3) is 22.3 Å². The summed E-state index contributed by atoms with van der Waals surface area (Å²) in [6, 6.07) is 7.89. The molecule has 0 saturated carbocycles. The number of hydrogen-bond acceptors (Lipinski definition) is 2. The summed E-state index contributed by atoms with van der Waals surface area (Å²) in [5.74, 6) is 0.627. The van der Waals surface area contributed by atoms with Crippen molar-refractivity contribution in [2.24, 2.45) is 11.3 Å². The molecule has 4 rings (SSSR count). The molecule has 0 spiro atoms. The van der Waals surface area contributed by atoms with Crippen LogP contribution in [0, 0.1) is 11.3 Å². The third-order valence-corrected chi connectivity index (χ3v) is 5.86. The number of nitrogens with zero attached hydrogens (tertiary/aromatic N) is 2. The minimum absolute atomic E-state index is 0.124. The molecular formula is C24H26F3N3. The minimum Gasteiger partial charge on any atom is -0.275 e. The molecule has 30 heavy (non-hydrogen) atoms. The summed E-state index contributed by atoms with van der Waals surface area (Å²) >= 11 is 0. The molecule has 0 radical (unpaired) electrons. The van der Waals surface area contributed by atoms with Gasteiger partial charge in [-0.2, -0.15) is 18.3 Å². The first-order valence-corrected chi connectivity index (χ1v) is 10.3. The molecule has 0 fully saturated rings. The van der Waals surface area contributed by atoms with E-state index in [2.05, 4.69) is 42.0 Å². The topological polar surface area (TPSA) is 41.6 Å². The average Bonchev–Trinajstić information content (AvgIpc) is 3.23. The highest BCUT2D eigenvalue weighted by molar-refractivity contribution is 5.91. The van der Waals surface area contributed by atoms with E-state index in [1.165, 1.54) is 11.6 Å². The highest BCUT2D eigenvalue weighted by Gasteiger charge is 2.35. The second kappa shape index (κ2) is 7.56. The lowest BCUT2D eigenvalue weighted by Gasteiger charge is -2.26. The zero-order chi connectivity index (χ0) is 21.5. The van der Waals surface area contributed by atoms with Crippen LogP contribution in [0.15, 0.2) is 48.2 Å². The second-order valence-corrected chi connectivity index (χ2v) is 9.18. The van der Waals surface area contributed by atoms with Crippen molar-refractivity contribution in [1.82, 2.24) is 15.2 Å². The smallest absolute Gasteiger partial charge is 0.275 e. The number of hydrogen-bond donors (Lipinski definition) is 1. The molecule has 0 aliphatic heterocycles. The first-order chi connectivity index (χ1) is 14.1. The quantitative estimate of drug-likeness (QED) is 0.460. The molecule has 1 unspecified atom stereocenters. The van der Waals surface area contributed by atoms with Crippen molar-refractivity contribution in [2.45, 2.75) is 52.6 Å². The van der Waals surface area contributed by atoms with Crippen molar-refractivity contribution in [3.05, 3.63) is 59.3 Å². The minimum atomic E-state index is -4.45. The molecule has 0 saturated heterocycles.